The molecule has 2 aliphatic rings. The summed E-state index contributed by atoms with van der Waals surface area (Å²) >= 11 is 5.89. The molecule has 0 unspecified atom stereocenters. The Bertz CT molecular complexity index is 1460. The Labute approximate surface area is 243 Å². The summed E-state index contributed by atoms with van der Waals surface area (Å²) in [6.07, 6.45) is 1.81. The third kappa shape index (κ3) is 6.54. The summed E-state index contributed by atoms with van der Waals surface area (Å²) in [6.45, 7) is 1.39. The molecule has 16 heteroatoms. The molecule has 6 N–H and O–H groups in total. The van der Waals surface area contributed by atoms with Gasteiger partial charge in [0.25, 0.3) is 5.91 Å². The number of ketones is 1. The molecule has 222 valence electrons. The summed E-state index contributed by atoms with van der Waals surface area (Å²) in [4.78, 5) is 35.5. The number of nitrogens with two attached hydrogens (primary N) is 2. The number of likely N-dealkylation sites (tertiary alicyclic amines) is 1. The van der Waals surface area contributed by atoms with Gasteiger partial charge in [0.15, 0.2) is 28.8 Å². The molecule has 2 aliphatic heterocycles. The minimum absolute atomic E-state index is 0.000826. The lowest BCUT2D eigenvalue weighted by molar-refractivity contribution is -0.106. The van der Waals surface area contributed by atoms with Crippen LogP contribution in [0.1, 0.15) is 33.7 Å². The molecule has 2 fully saturated rings. The van der Waals surface area contributed by atoms with Crippen molar-refractivity contribution in [3.05, 3.63) is 52.6 Å². The van der Waals surface area contributed by atoms with Gasteiger partial charge >= 0.3 is 0 Å². The third-order valence-electron chi connectivity index (χ3n) is 7.16. The van der Waals surface area contributed by atoms with Crippen LogP contribution in [0.25, 0.3) is 0 Å². The number of carbonyl (C=O) groups excluding carboxylic acids is 2. The molecule has 1 aromatic heterocycles. The number of allylic oxidation sites excluding steroid dienone is 1. The highest BCUT2D eigenvalue weighted by Crippen LogP contribution is 2.28. The van der Waals surface area contributed by atoms with Gasteiger partial charge < -0.3 is 36.5 Å². The van der Waals surface area contributed by atoms with E-state index in [-0.39, 0.29) is 50.9 Å². The predicted molar refractivity (Wildman–Crippen MR) is 151 cm³/mol. The average molecular weight is 609 g/mol. The normalized spacial score (nSPS) is 17.7. The molecule has 41 heavy (non-hydrogen) atoms. The van der Waals surface area contributed by atoms with Crippen molar-refractivity contribution < 1.29 is 27.5 Å². The SMILES string of the molecule is COC(CN(C)S(=O)(=O)c1cccc(C(=O)N2CCC3(CC2)CN/C(=C\C(=O)c2nc(Cl)c(N)nc2N)N3)c1)OC. The van der Waals surface area contributed by atoms with Gasteiger partial charge in [0.2, 0.25) is 15.8 Å². The number of nitrogens with one attached hydrogen (secondary N) is 2. The van der Waals surface area contributed by atoms with Crippen molar-refractivity contribution in [2.45, 2.75) is 29.6 Å². The van der Waals surface area contributed by atoms with E-state index in [9.17, 15) is 18.0 Å². The molecule has 0 radical (unpaired) electrons. The number of nitrogens with zero attached hydrogens (tertiary/aromatic N) is 4. The zero-order valence-corrected chi connectivity index (χ0v) is 24.5. The Morgan fingerprint density at radius 1 is 1.20 bits per heavy atom. The number of halogens is 1. The standard InChI is InChI=1S/C25H33ClN8O6S/c1-33(13-19(39-2)40-3)41(37,38)16-6-4-5-15(11-16)24(36)34-9-7-25(8-10-34)14-29-18(32-25)12-17(35)20-22(27)31-23(28)21(26)30-20/h4-6,11-12,19,29,32H,7-10,13-14H2,1-3H3,(H4,27,28,31)/b18-12+. The molecule has 4 rings (SSSR count). The van der Waals surface area contributed by atoms with Crippen LogP contribution in [-0.2, 0) is 19.5 Å². The maximum Gasteiger partial charge on any atom is 0.253 e. The first-order valence-corrected chi connectivity index (χ1v) is 14.5. The monoisotopic (exact) mass is 608 g/mol. The molecule has 2 saturated heterocycles. The van der Waals surface area contributed by atoms with E-state index in [0.29, 0.717) is 38.3 Å². The number of aromatic nitrogens is 2. The highest BCUT2D eigenvalue weighted by atomic mass is 35.5. The Morgan fingerprint density at radius 2 is 1.88 bits per heavy atom. The quantitative estimate of drug-likeness (QED) is 0.174. The van der Waals surface area contributed by atoms with E-state index in [2.05, 4.69) is 20.6 Å². The second kappa shape index (κ2) is 12.2. The number of hydrogen-bond donors (Lipinski definition) is 4. The average Bonchev–Trinajstić information content (AvgIpc) is 3.34. The van der Waals surface area contributed by atoms with Crippen molar-refractivity contribution in [3.63, 3.8) is 0 Å². The number of benzene rings is 1. The van der Waals surface area contributed by atoms with Crippen molar-refractivity contribution in [1.29, 1.82) is 0 Å². The van der Waals surface area contributed by atoms with Gasteiger partial charge in [0.05, 0.1) is 17.0 Å². The largest absolute Gasteiger partial charge is 0.382 e. The number of amides is 1. The Kier molecular flexibility index (Phi) is 9.03. The van der Waals surface area contributed by atoms with Crippen LogP contribution in [0.15, 0.2) is 41.1 Å². The van der Waals surface area contributed by atoms with Gasteiger partial charge in [-0.2, -0.15) is 4.31 Å². The van der Waals surface area contributed by atoms with E-state index in [1.807, 2.05) is 0 Å². The summed E-state index contributed by atoms with van der Waals surface area (Å²) in [5.41, 5.74) is 11.2. The molecule has 0 saturated carbocycles. The summed E-state index contributed by atoms with van der Waals surface area (Å²) < 4.78 is 37.5. The molecule has 1 spiro atoms. The highest BCUT2D eigenvalue weighted by molar-refractivity contribution is 7.89. The molecule has 0 bridgehead atoms. The van der Waals surface area contributed by atoms with Crippen LogP contribution in [0.3, 0.4) is 0 Å². The lowest BCUT2D eigenvalue weighted by atomic mass is 9.88. The third-order valence-corrected chi connectivity index (χ3v) is 9.26. The number of piperidine rings is 1. The van der Waals surface area contributed by atoms with Crippen LogP contribution in [0.2, 0.25) is 5.15 Å². The van der Waals surface area contributed by atoms with Crippen LogP contribution >= 0.6 is 11.6 Å². The maximum absolute atomic E-state index is 13.3. The summed E-state index contributed by atoms with van der Waals surface area (Å²) in [6, 6.07) is 5.97. The van der Waals surface area contributed by atoms with Crippen LogP contribution in [0.4, 0.5) is 11.6 Å². The highest BCUT2D eigenvalue weighted by Gasteiger charge is 2.40. The second-order valence-corrected chi connectivity index (χ2v) is 12.2. The number of sulfonamides is 1. The van der Waals surface area contributed by atoms with Gasteiger partial charge in [0.1, 0.15) is 5.82 Å². The predicted octanol–water partition coefficient (Wildman–Crippen LogP) is 0.426. The van der Waals surface area contributed by atoms with Gasteiger partial charge in [-0.15, -0.1) is 0 Å². The molecule has 1 amide bonds. The van der Waals surface area contributed by atoms with Crippen LogP contribution in [0.5, 0.6) is 0 Å². The first-order valence-electron chi connectivity index (χ1n) is 12.7. The minimum atomic E-state index is -3.88. The summed E-state index contributed by atoms with van der Waals surface area (Å²) in [7, 11) is 0.389. The van der Waals surface area contributed by atoms with Crippen LogP contribution in [-0.4, -0.2) is 98.6 Å². The number of likely N-dealkylation sites (N-methyl/N-ethyl adjacent to an activating group) is 1. The van der Waals surface area contributed by atoms with Gasteiger partial charge in [-0.3, -0.25) is 9.59 Å². The number of nitrogen functional groups attached to an aromatic ring is 2. The number of hydrogen-bond acceptors (Lipinski definition) is 12. The van der Waals surface area contributed by atoms with Gasteiger partial charge in [-0.05, 0) is 31.0 Å². The fourth-order valence-corrected chi connectivity index (χ4v) is 6.02. The van der Waals surface area contributed by atoms with Gasteiger partial charge in [0, 0.05) is 52.5 Å². The Hall–Kier alpha value is -3.50. The maximum atomic E-state index is 13.3. The van der Waals surface area contributed by atoms with Crippen molar-refractivity contribution in [1.82, 2.24) is 29.8 Å². The minimum Gasteiger partial charge on any atom is -0.382 e. The molecular weight excluding hydrogens is 576 g/mol. The number of rotatable bonds is 9. The number of methoxy groups -OCH3 is 2. The van der Waals surface area contributed by atoms with E-state index in [1.165, 1.54) is 39.5 Å². The molecule has 0 aliphatic carbocycles. The first-order chi connectivity index (χ1) is 19.4. The Balaban J connectivity index is 1.39. The van der Waals surface area contributed by atoms with Crippen molar-refractivity contribution in [2.75, 3.05) is 58.9 Å². The fraction of sp³-hybridized carbons (Fsp3) is 0.440. The number of anilines is 2. The van der Waals surface area contributed by atoms with Crippen molar-refractivity contribution in [3.8, 4) is 0 Å². The number of ether oxygens (including phenoxy) is 2. The fourth-order valence-electron chi connectivity index (χ4n) is 4.69. The Morgan fingerprint density at radius 3 is 2.54 bits per heavy atom. The second-order valence-electron chi connectivity index (χ2n) is 9.82. The first kappa shape index (κ1) is 30.5. The van der Waals surface area contributed by atoms with E-state index in [4.69, 9.17) is 32.5 Å². The summed E-state index contributed by atoms with van der Waals surface area (Å²) in [5, 5.41) is 6.43. The molecule has 0 atom stereocenters. The van der Waals surface area contributed by atoms with Crippen LogP contribution < -0.4 is 22.1 Å². The van der Waals surface area contributed by atoms with Gasteiger partial charge in [-0.1, -0.05) is 17.7 Å². The molecular formula is C25H33ClN8O6S. The summed E-state index contributed by atoms with van der Waals surface area (Å²) in [5.74, 6) is -0.441. The zero-order chi connectivity index (χ0) is 29.9. The van der Waals surface area contributed by atoms with E-state index < -0.39 is 22.1 Å². The molecule has 14 nitrogen and oxygen atoms in total. The van der Waals surface area contributed by atoms with E-state index in [0.717, 1.165) is 4.31 Å². The molecule has 2 aromatic rings. The lowest BCUT2D eigenvalue weighted by Gasteiger charge is -2.39. The zero-order valence-electron chi connectivity index (χ0n) is 22.9. The van der Waals surface area contributed by atoms with Gasteiger partial charge in [-0.25, -0.2) is 18.4 Å². The topological polar surface area (TPSA) is 195 Å². The molecule has 3 heterocycles. The van der Waals surface area contributed by atoms with Crippen molar-refractivity contribution >= 4 is 45.0 Å². The van der Waals surface area contributed by atoms with E-state index >= 15 is 0 Å². The van der Waals surface area contributed by atoms with Crippen molar-refractivity contribution in [2.24, 2.45) is 0 Å². The molecule has 1 aromatic carbocycles. The van der Waals surface area contributed by atoms with Crippen LogP contribution in [0, 0.1) is 0 Å². The smallest absolute Gasteiger partial charge is 0.253 e. The lowest BCUT2D eigenvalue weighted by Crippen LogP contribution is -2.53. The van der Waals surface area contributed by atoms with E-state index in [1.54, 1.807) is 17.0 Å². The number of carbonyl (C=O) groups is 2.